The highest BCUT2D eigenvalue weighted by Gasteiger charge is 2.12. The van der Waals surface area contributed by atoms with Crippen molar-refractivity contribution in [2.45, 2.75) is 6.54 Å². The van der Waals surface area contributed by atoms with Crippen LogP contribution in [0.5, 0.6) is 0 Å². The SMILES string of the molecule is COCCn1nc(-c2cccs2)cc(C(=N)N)c1=O. The summed E-state index contributed by atoms with van der Waals surface area (Å²) in [6.07, 6.45) is 0. The molecule has 0 atom stereocenters. The number of ether oxygens (including phenoxy) is 1. The molecule has 2 aromatic rings. The second-order valence-corrected chi connectivity index (χ2v) is 4.80. The second kappa shape index (κ2) is 5.77. The maximum Gasteiger partial charge on any atom is 0.277 e. The fraction of sp³-hybridized carbons (Fsp3) is 0.250. The Labute approximate surface area is 114 Å². The van der Waals surface area contributed by atoms with E-state index in [4.69, 9.17) is 15.9 Å². The van der Waals surface area contributed by atoms with Crippen LogP contribution in [0.3, 0.4) is 0 Å². The van der Waals surface area contributed by atoms with Crippen LogP contribution in [-0.4, -0.2) is 29.3 Å². The van der Waals surface area contributed by atoms with Gasteiger partial charge in [-0.3, -0.25) is 10.2 Å². The first-order valence-corrected chi connectivity index (χ1v) is 6.51. The number of aromatic nitrogens is 2. The Bertz CT molecular complexity index is 634. The first-order valence-electron chi connectivity index (χ1n) is 5.63. The number of hydrogen-bond acceptors (Lipinski definition) is 5. The van der Waals surface area contributed by atoms with Crippen LogP contribution in [0.1, 0.15) is 5.56 Å². The molecule has 0 amide bonds. The minimum Gasteiger partial charge on any atom is -0.384 e. The van der Waals surface area contributed by atoms with E-state index in [0.717, 1.165) is 4.88 Å². The largest absolute Gasteiger partial charge is 0.384 e. The van der Waals surface area contributed by atoms with Crippen LogP contribution in [0.25, 0.3) is 10.6 Å². The quantitative estimate of drug-likeness (QED) is 0.627. The molecule has 0 aliphatic carbocycles. The number of nitrogens with zero attached hydrogens (tertiary/aromatic N) is 2. The topological polar surface area (TPSA) is 94.0 Å². The Balaban J connectivity index is 2.54. The summed E-state index contributed by atoms with van der Waals surface area (Å²) in [7, 11) is 1.56. The molecular formula is C12H14N4O2S. The normalized spacial score (nSPS) is 10.6. The number of nitrogen functional groups attached to an aromatic ring is 1. The lowest BCUT2D eigenvalue weighted by Crippen LogP contribution is -2.32. The van der Waals surface area contributed by atoms with Crippen molar-refractivity contribution in [3.63, 3.8) is 0 Å². The van der Waals surface area contributed by atoms with E-state index < -0.39 is 0 Å². The molecule has 0 aromatic carbocycles. The van der Waals surface area contributed by atoms with Gasteiger partial charge in [-0.1, -0.05) is 6.07 Å². The molecule has 0 saturated heterocycles. The zero-order valence-corrected chi connectivity index (χ0v) is 11.2. The van der Waals surface area contributed by atoms with Crippen molar-refractivity contribution in [3.05, 3.63) is 39.5 Å². The summed E-state index contributed by atoms with van der Waals surface area (Å²) in [6, 6.07) is 5.36. The number of hydrogen-bond donors (Lipinski definition) is 2. The number of nitrogens with two attached hydrogens (primary N) is 1. The molecule has 19 heavy (non-hydrogen) atoms. The maximum absolute atomic E-state index is 12.1. The van der Waals surface area contributed by atoms with Crippen LogP contribution >= 0.6 is 11.3 Å². The lowest BCUT2D eigenvalue weighted by atomic mass is 10.2. The summed E-state index contributed by atoms with van der Waals surface area (Å²) in [5.41, 5.74) is 5.87. The third kappa shape index (κ3) is 2.88. The average molecular weight is 278 g/mol. The molecule has 2 rings (SSSR count). The van der Waals surface area contributed by atoms with Gasteiger partial charge in [0, 0.05) is 7.11 Å². The summed E-state index contributed by atoms with van der Waals surface area (Å²) >= 11 is 1.51. The van der Waals surface area contributed by atoms with Crippen molar-refractivity contribution in [2.75, 3.05) is 13.7 Å². The van der Waals surface area contributed by atoms with Crippen molar-refractivity contribution in [3.8, 4) is 10.6 Å². The Morgan fingerprint density at radius 1 is 1.63 bits per heavy atom. The number of rotatable bonds is 5. The van der Waals surface area contributed by atoms with Gasteiger partial charge in [-0.25, -0.2) is 4.68 Å². The van der Waals surface area contributed by atoms with Crippen molar-refractivity contribution < 1.29 is 4.74 Å². The highest BCUT2D eigenvalue weighted by atomic mass is 32.1. The van der Waals surface area contributed by atoms with E-state index in [1.807, 2.05) is 17.5 Å². The number of methoxy groups -OCH3 is 1. The Morgan fingerprint density at radius 2 is 2.42 bits per heavy atom. The molecule has 0 unspecified atom stereocenters. The number of thiophene rings is 1. The lowest BCUT2D eigenvalue weighted by Gasteiger charge is -2.08. The molecule has 2 aromatic heterocycles. The smallest absolute Gasteiger partial charge is 0.277 e. The summed E-state index contributed by atoms with van der Waals surface area (Å²) in [5.74, 6) is -0.253. The molecule has 0 aliphatic heterocycles. The standard InChI is InChI=1S/C12H14N4O2S/c1-18-5-4-16-12(17)8(11(13)14)7-9(15-16)10-3-2-6-19-10/h2-3,6-7H,4-5H2,1H3,(H3,13,14). The van der Waals surface area contributed by atoms with E-state index in [-0.39, 0.29) is 17.0 Å². The zero-order chi connectivity index (χ0) is 13.8. The number of amidine groups is 1. The van der Waals surface area contributed by atoms with Crippen LogP contribution < -0.4 is 11.3 Å². The van der Waals surface area contributed by atoms with Gasteiger partial charge in [-0.2, -0.15) is 5.10 Å². The summed E-state index contributed by atoms with van der Waals surface area (Å²) in [4.78, 5) is 13.0. The zero-order valence-electron chi connectivity index (χ0n) is 10.4. The van der Waals surface area contributed by atoms with Crippen LogP contribution in [0.4, 0.5) is 0 Å². The predicted octanol–water partition coefficient (Wildman–Crippen LogP) is 0.902. The molecule has 0 bridgehead atoms. The van der Waals surface area contributed by atoms with Crippen LogP contribution in [-0.2, 0) is 11.3 Å². The summed E-state index contributed by atoms with van der Waals surface area (Å²) in [5, 5.41) is 13.7. The first kappa shape index (κ1) is 13.4. The molecule has 7 heteroatoms. The monoisotopic (exact) mass is 278 g/mol. The van der Waals surface area contributed by atoms with Gasteiger partial charge >= 0.3 is 0 Å². The highest BCUT2D eigenvalue weighted by molar-refractivity contribution is 7.13. The van der Waals surface area contributed by atoms with Gasteiger partial charge in [0.15, 0.2) is 0 Å². The van der Waals surface area contributed by atoms with Gasteiger partial charge in [0.2, 0.25) is 0 Å². The van der Waals surface area contributed by atoms with Crippen LogP contribution in [0.15, 0.2) is 28.4 Å². The fourth-order valence-corrected chi connectivity index (χ4v) is 2.29. The molecule has 0 spiro atoms. The van der Waals surface area contributed by atoms with E-state index in [1.165, 1.54) is 16.0 Å². The maximum atomic E-state index is 12.1. The number of nitrogens with one attached hydrogen (secondary N) is 1. The summed E-state index contributed by atoms with van der Waals surface area (Å²) in [6.45, 7) is 0.701. The molecule has 0 radical (unpaired) electrons. The van der Waals surface area contributed by atoms with Gasteiger partial charge in [-0.05, 0) is 17.5 Å². The average Bonchev–Trinajstić information content (AvgIpc) is 2.91. The molecule has 0 aliphatic rings. The highest BCUT2D eigenvalue weighted by Crippen LogP contribution is 2.22. The lowest BCUT2D eigenvalue weighted by molar-refractivity contribution is 0.182. The fourth-order valence-electron chi connectivity index (χ4n) is 1.61. The third-order valence-electron chi connectivity index (χ3n) is 2.55. The molecule has 0 fully saturated rings. The van der Waals surface area contributed by atoms with Gasteiger partial charge in [0.05, 0.1) is 23.6 Å². The van der Waals surface area contributed by atoms with Crippen LogP contribution in [0.2, 0.25) is 0 Å². The minimum absolute atomic E-state index is 0.162. The van der Waals surface area contributed by atoms with Crippen molar-refractivity contribution in [1.29, 1.82) is 5.41 Å². The Hall–Kier alpha value is -1.99. The second-order valence-electron chi connectivity index (χ2n) is 3.86. The van der Waals surface area contributed by atoms with Gasteiger partial charge < -0.3 is 10.5 Å². The van der Waals surface area contributed by atoms with E-state index >= 15 is 0 Å². The van der Waals surface area contributed by atoms with Gasteiger partial charge in [0.25, 0.3) is 5.56 Å². The summed E-state index contributed by atoms with van der Waals surface area (Å²) < 4.78 is 6.24. The molecule has 0 saturated carbocycles. The third-order valence-corrected chi connectivity index (χ3v) is 3.44. The van der Waals surface area contributed by atoms with E-state index in [9.17, 15) is 4.79 Å². The molecule has 6 nitrogen and oxygen atoms in total. The molecular weight excluding hydrogens is 264 g/mol. The van der Waals surface area contributed by atoms with E-state index in [2.05, 4.69) is 5.10 Å². The van der Waals surface area contributed by atoms with Crippen molar-refractivity contribution in [1.82, 2.24) is 9.78 Å². The van der Waals surface area contributed by atoms with E-state index in [1.54, 1.807) is 13.2 Å². The van der Waals surface area contributed by atoms with Crippen molar-refractivity contribution >= 4 is 17.2 Å². The van der Waals surface area contributed by atoms with E-state index in [0.29, 0.717) is 18.8 Å². The van der Waals surface area contributed by atoms with Gasteiger partial charge in [-0.15, -0.1) is 11.3 Å². The Morgan fingerprint density at radius 3 is 3.00 bits per heavy atom. The predicted molar refractivity (Wildman–Crippen MR) is 74.7 cm³/mol. The molecule has 3 N–H and O–H groups in total. The molecule has 2 heterocycles. The minimum atomic E-state index is -0.371. The Kier molecular flexibility index (Phi) is 4.08. The van der Waals surface area contributed by atoms with Crippen molar-refractivity contribution in [2.24, 2.45) is 5.73 Å². The van der Waals surface area contributed by atoms with Gasteiger partial charge in [0.1, 0.15) is 11.5 Å². The molecule has 100 valence electrons. The first-order chi connectivity index (χ1) is 9.13. The van der Waals surface area contributed by atoms with Crippen LogP contribution in [0, 0.1) is 5.41 Å².